The van der Waals surface area contributed by atoms with E-state index in [0.717, 1.165) is 6.42 Å². The molecule has 0 saturated carbocycles. The second kappa shape index (κ2) is 5.49. The predicted molar refractivity (Wildman–Crippen MR) is 99.7 cm³/mol. The molecule has 0 nitrogen and oxygen atoms in total. The first-order chi connectivity index (χ1) is 11.9. The maximum atomic E-state index is 3.38. The molecule has 24 heavy (non-hydrogen) atoms. The summed E-state index contributed by atoms with van der Waals surface area (Å²) in [5, 5.41) is 5.63. The van der Waals surface area contributed by atoms with E-state index in [4.69, 9.17) is 0 Å². The number of rotatable bonds is 1. The lowest BCUT2D eigenvalue weighted by Gasteiger charge is -2.17. The van der Waals surface area contributed by atoms with Crippen molar-refractivity contribution in [1.29, 1.82) is 0 Å². The molecule has 115 valence electrons. The Morgan fingerprint density at radius 3 is 2.71 bits per heavy atom. The molecule has 0 N–H and O–H groups in total. The highest BCUT2D eigenvalue weighted by atomic mass is 14.2. The molecule has 0 unspecified atom stereocenters. The number of hydrogen-bond acceptors (Lipinski definition) is 0. The molecule has 0 aromatic heterocycles. The van der Waals surface area contributed by atoms with Crippen LogP contribution in [0.2, 0.25) is 0 Å². The molecule has 3 aromatic rings. The highest BCUT2D eigenvalue weighted by Gasteiger charge is 2.12. The zero-order chi connectivity index (χ0) is 15.9. The highest BCUT2D eigenvalue weighted by Crippen LogP contribution is 2.20. The number of hydrogen-bond donors (Lipinski definition) is 0. The van der Waals surface area contributed by atoms with Gasteiger partial charge in [0.1, 0.15) is 0 Å². The highest BCUT2D eigenvalue weighted by molar-refractivity contribution is 5.66. The van der Waals surface area contributed by atoms with Gasteiger partial charge < -0.3 is 0 Å². The Morgan fingerprint density at radius 1 is 0.792 bits per heavy atom. The van der Waals surface area contributed by atoms with E-state index in [-0.39, 0.29) is 0 Å². The van der Waals surface area contributed by atoms with E-state index < -0.39 is 0 Å². The molecule has 5 rings (SSSR count). The van der Waals surface area contributed by atoms with Gasteiger partial charge >= 0.3 is 0 Å². The Morgan fingerprint density at radius 2 is 1.79 bits per heavy atom. The van der Waals surface area contributed by atoms with Gasteiger partial charge in [-0.15, -0.1) is 0 Å². The van der Waals surface area contributed by atoms with Crippen LogP contribution < -0.4 is 10.4 Å². The van der Waals surface area contributed by atoms with Gasteiger partial charge in [0.15, 0.2) is 0 Å². The van der Waals surface area contributed by atoms with E-state index in [1.165, 1.54) is 51.3 Å². The summed E-state index contributed by atoms with van der Waals surface area (Å²) in [5.74, 6) is 0. The van der Waals surface area contributed by atoms with Crippen LogP contribution in [0, 0.1) is 16.5 Å². The minimum atomic E-state index is 1.04. The maximum absolute atomic E-state index is 3.38. The lowest BCUT2D eigenvalue weighted by atomic mass is 9.87. The summed E-state index contributed by atoms with van der Waals surface area (Å²) in [4.78, 5) is 0. The largest absolute Gasteiger partial charge is 0.0770 e. The zero-order valence-electron chi connectivity index (χ0n) is 13.7. The fraction of sp³-hybridized carbons (Fsp3) is 0.167. The molecule has 0 bridgehead atoms. The second-order valence-electron chi connectivity index (χ2n) is 6.71. The molecule has 2 aliphatic carbocycles. The van der Waals surface area contributed by atoms with E-state index in [1.54, 1.807) is 11.1 Å². The Hall–Kier alpha value is -2.60. The SMILES string of the molecule is [c]1ccccc1-c1cccc2c1=CCc1c3c(ccc1=2)=CCCC3. The van der Waals surface area contributed by atoms with Crippen molar-refractivity contribution in [3.63, 3.8) is 0 Å². The third-order valence-corrected chi connectivity index (χ3v) is 5.37. The molecule has 0 aliphatic heterocycles. The number of fused-ring (bicyclic) bond motifs is 4. The van der Waals surface area contributed by atoms with E-state index in [9.17, 15) is 0 Å². The number of benzene rings is 3. The minimum Gasteiger partial charge on any atom is -0.0770 e. The fourth-order valence-electron chi connectivity index (χ4n) is 4.24. The summed E-state index contributed by atoms with van der Waals surface area (Å²) < 4.78 is 0. The van der Waals surface area contributed by atoms with Gasteiger partial charge in [0.2, 0.25) is 0 Å². The third-order valence-electron chi connectivity index (χ3n) is 5.37. The average molecular weight is 307 g/mol. The molecule has 1 radical (unpaired) electrons. The standard InChI is InChI=1S/C24H19/c1-2-7-17(8-3-1)20-11-6-12-21-22(20)15-16-23-19-10-5-4-9-18(19)13-14-24(21)23/h1-3,6-7,9,11-15H,4-5,10,16H2. The van der Waals surface area contributed by atoms with Crippen molar-refractivity contribution < 1.29 is 0 Å². The molecular weight excluding hydrogens is 288 g/mol. The van der Waals surface area contributed by atoms with Crippen LogP contribution in [0.15, 0.2) is 54.6 Å². The monoisotopic (exact) mass is 307 g/mol. The topological polar surface area (TPSA) is 0 Å². The van der Waals surface area contributed by atoms with Gasteiger partial charge in [-0.25, -0.2) is 0 Å². The summed E-state index contributed by atoms with van der Waals surface area (Å²) in [6.45, 7) is 0. The first-order valence-corrected chi connectivity index (χ1v) is 8.83. The van der Waals surface area contributed by atoms with Crippen molar-refractivity contribution in [1.82, 2.24) is 0 Å². The van der Waals surface area contributed by atoms with Crippen LogP contribution in [0.25, 0.3) is 23.3 Å². The van der Waals surface area contributed by atoms with Crippen molar-refractivity contribution in [3.05, 3.63) is 92.7 Å². The van der Waals surface area contributed by atoms with Crippen LogP contribution >= 0.6 is 0 Å². The molecule has 3 aromatic carbocycles. The van der Waals surface area contributed by atoms with Crippen LogP contribution in [0.3, 0.4) is 0 Å². The van der Waals surface area contributed by atoms with E-state index in [2.05, 4.69) is 60.7 Å². The summed E-state index contributed by atoms with van der Waals surface area (Å²) in [6, 6.07) is 23.0. The average Bonchev–Trinajstić information content (AvgIpc) is 2.67. The van der Waals surface area contributed by atoms with Crippen LogP contribution in [0.5, 0.6) is 0 Å². The van der Waals surface area contributed by atoms with Gasteiger partial charge in [-0.05, 0) is 74.9 Å². The van der Waals surface area contributed by atoms with Crippen LogP contribution in [0.4, 0.5) is 0 Å². The third kappa shape index (κ3) is 2.06. The summed E-state index contributed by atoms with van der Waals surface area (Å²) in [7, 11) is 0. The quantitative estimate of drug-likeness (QED) is 0.640. The minimum absolute atomic E-state index is 1.04. The van der Waals surface area contributed by atoms with Crippen molar-refractivity contribution in [2.45, 2.75) is 25.7 Å². The zero-order valence-corrected chi connectivity index (χ0v) is 13.7. The maximum Gasteiger partial charge on any atom is -0.00789 e. The lowest BCUT2D eigenvalue weighted by Crippen LogP contribution is -2.20. The molecule has 0 fully saturated rings. The molecule has 0 spiro atoms. The van der Waals surface area contributed by atoms with Gasteiger partial charge in [0, 0.05) is 0 Å². The lowest BCUT2D eigenvalue weighted by molar-refractivity contribution is 0.824. The molecule has 0 amide bonds. The molecule has 2 aliphatic rings. The Bertz CT molecular complexity index is 1140. The van der Waals surface area contributed by atoms with E-state index in [0.29, 0.717) is 0 Å². The predicted octanol–water partition coefficient (Wildman–Crippen LogP) is 3.89. The van der Waals surface area contributed by atoms with Gasteiger partial charge in [-0.3, -0.25) is 0 Å². The Balaban J connectivity index is 1.90. The summed E-state index contributed by atoms with van der Waals surface area (Å²) in [5.41, 5.74) is 5.60. The Kier molecular flexibility index (Phi) is 3.16. The first kappa shape index (κ1) is 13.8. The molecule has 0 heterocycles. The van der Waals surface area contributed by atoms with Crippen LogP contribution in [-0.4, -0.2) is 0 Å². The smallest absolute Gasteiger partial charge is 0.00789 e. The Labute approximate surface area is 142 Å². The fourth-order valence-corrected chi connectivity index (χ4v) is 4.24. The van der Waals surface area contributed by atoms with Crippen molar-refractivity contribution in [2.24, 2.45) is 0 Å². The summed E-state index contributed by atoms with van der Waals surface area (Å²) in [6.07, 6.45) is 9.61. The van der Waals surface area contributed by atoms with Crippen molar-refractivity contribution in [3.8, 4) is 11.1 Å². The summed E-state index contributed by atoms with van der Waals surface area (Å²) >= 11 is 0. The first-order valence-electron chi connectivity index (χ1n) is 8.83. The van der Waals surface area contributed by atoms with Gasteiger partial charge in [-0.1, -0.05) is 66.7 Å². The molecule has 0 saturated heterocycles. The van der Waals surface area contributed by atoms with Gasteiger partial charge in [0.25, 0.3) is 0 Å². The second-order valence-corrected chi connectivity index (χ2v) is 6.71. The van der Waals surface area contributed by atoms with E-state index >= 15 is 0 Å². The van der Waals surface area contributed by atoms with E-state index in [1.807, 2.05) is 12.1 Å². The van der Waals surface area contributed by atoms with Crippen LogP contribution in [-0.2, 0) is 12.8 Å². The normalized spacial score (nSPS) is 14.7. The van der Waals surface area contributed by atoms with Gasteiger partial charge in [-0.2, -0.15) is 0 Å². The molecule has 0 atom stereocenters. The van der Waals surface area contributed by atoms with Crippen LogP contribution in [0.1, 0.15) is 24.0 Å². The molecule has 0 heteroatoms. The molecular formula is C24H19. The van der Waals surface area contributed by atoms with Crippen molar-refractivity contribution >= 4 is 12.2 Å². The van der Waals surface area contributed by atoms with Gasteiger partial charge in [0.05, 0.1) is 0 Å². The van der Waals surface area contributed by atoms with Crippen molar-refractivity contribution in [2.75, 3.05) is 0 Å².